The zero-order valence-corrected chi connectivity index (χ0v) is 11.0. The number of carbonyl (C=O) groups is 2. The average molecular weight is 265 g/mol. The molecule has 1 aliphatic carbocycles. The van der Waals surface area contributed by atoms with Gasteiger partial charge in [-0.15, -0.1) is 0 Å². The van der Waals surface area contributed by atoms with Crippen molar-refractivity contribution in [3.8, 4) is 0 Å². The van der Waals surface area contributed by atoms with Gasteiger partial charge in [-0.2, -0.15) is 0 Å². The van der Waals surface area contributed by atoms with Crippen LogP contribution in [0.5, 0.6) is 0 Å². The van der Waals surface area contributed by atoms with Crippen LogP contribution in [0.15, 0.2) is 23.0 Å². The maximum atomic E-state index is 12.4. The first-order valence-corrected chi connectivity index (χ1v) is 6.58. The van der Waals surface area contributed by atoms with Crippen LogP contribution in [-0.4, -0.2) is 28.9 Å². The van der Waals surface area contributed by atoms with Gasteiger partial charge in [-0.3, -0.25) is 9.59 Å². The van der Waals surface area contributed by atoms with Crippen LogP contribution in [0.1, 0.15) is 31.2 Å². The molecule has 5 heteroatoms. The fourth-order valence-corrected chi connectivity index (χ4v) is 2.74. The smallest absolute Gasteiger partial charge is 0.307 e. The minimum Gasteiger partial charge on any atom is -0.481 e. The number of rotatable bonds is 4. The lowest BCUT2D eigenvalue weighted by atomic mass is 9.78. The van der Waals surface area contributed by atoms with Crippen molar-refractivity contribution >= 4 is 11.9 Å². The van der Waals surface area contributed by atoms with Crippen LogP contribution in [0.3, 0.4) is 0 Å². The summed E-state index contributed by atoms with van der Waals surface area (Å²) in [6.07, 6.45) is 6.26. The summed E-state index contributed by atoms with van der Waals surface area (Å²) in [5.74, 6) is -1.85. The Hall–Kier alpha value is -1.78. The zero-order chi connectivity index (χ0) is 13.8. The molecule has 0 spiro atoms. The molecule has 0 radical (unpaired) electrons. The summed E-state index contributed by atoms with van der Waals surface area (Å²) in [5.41, 5.74) is 0.915. The maximum Gasteiger partial charge on any atom is 0.307 e. The van der Waals surface area contributed by atoms with E-state index in [1.165, 1.54) is 0 Å². The molecule has 2 rings (SSSR count). The molecular formula is C14H19NO4. The lowest BCUT2D eigenvalue weighted by Gasteiger charge is -2.30. The number of nitrogens with zero attached hydrogens (tertiary/aromatic N) is 1. The molecule has 1 aliphatic rings. The van der Waals surface area contributed by atoms with Crippen LogP contribution in [0.4, 0.5) is 0 Å². The fraction of sp³-hybridized carbons (Fsp3) is 0.571. The molecule has 1 heterocycles. The van der Waals surface area contributed by atoms with Gasteiger partial charge in [-0.1, -0.05) is 12.8 Å². The summed E-state index contributed by atoms with van der Waals surface area (Å²) in [5, 5.41) is 9.21. The van der Waals surface area contributed by atoms with E-state index in [0.717, 1.165) is 18.4 Å². The molecule has 0 unspecified atom stereocenters. The molecule has 0 bridgehead atoms. The van der Waals surface area contributed by atoms with Gasteiger partial charge in [0.15, 0.2) is 0 Å². The van der Waals surface area contributed by atoms with E-state index in [1.54, 1.807) is 30.5 Å². The van der Waals surface area contributed by atoms with Gasteiger partial charge in [-0.25, -0.2) is 0 Å². The van der Waals surface area contributed by atoms with Crippen LogP contribution in [0, 0.1) is 11.8 Å². The van der Waals surface area contributed by atoms with Crippen molar-refractivity contribution in [2.45, 2.75) is 32.2 Å². The molecule has 2 atom stereocenters. The number of hydrogen-bond donors (Lipinski definition) is 1. The third-order valence-corrected chi connectivity index (χ3v) is 3.78. The third kappa shape index (κ3) is 3.16. The summed E-state index contributed by atoms with van der Waals surface area (Å²) in [6, 6.07) is 1.80. The standard InChI is InChI=1S/C14H19NO4/c1-15(8-10-6-7-19-9-10)13(16)11-4-2-3-5-12(11)14(17)18/h6-7,9,11-12H,2-5,8H2,1H3,(H,17,18)/t11-,12+/m1/s1. The Morgan fingerprint density at radius 3 is 2.63 bits per heavy atom. The lowest BCUT2D eigenvalue weighted by Crippen LogP contribution is -2.40. The van der Waals surface area contributed by atoms with E-state index in [0.29, 0.717) is 19.4 Å². The van der Waals surface area contributed by atoms with Gasteiger partial charge in [-0.05, 0) is 18.9 Å². The summed E-state index contributed by atoms with van der Waals surface area (Å²) in [4.78, 5) is 25.2. The van der Waals surface area contributed by atoms with Crippen LogP contribution in [-0.2, 0) is 16.1 Å². The van der Waals surface area contributed by atoms with Crippen LogP contribution in [0.2, 0.25) is 0 Å². The second-order valence-corrected chi connectivity index (χ2v) is 5.16. The first-order valence-electron chi connectivity index (χ1n) is 6.58. The molecule has 104 valence electrons. The molecule has 1 N–H and O–H groups in total. The molecule has 19 heavy (non-hydrogen) atoms. The van der Waals surface area contributed by atoms with Crippen molar-refractivity contribution in [2.75, 3.05) is 7.05 Å². The van der Waals surface area contributed by atoms with Gasteiger partial charge in [0.05, 0.1) is 24.4 Å². The zero-order valence-electron chi connectivity index (χ0n) is 11.0. The van der Waals surface area contributed by atoms with Crippen molar-refractivity contribution in [3.05, 3.63) is 24.2 Å². The maximum absolute atomic E-state index is 12.4. The SMILES string of the molecule is CN(Cc1ccoc1)C(=O)[C@@H]1CCCC[C@@H]1C(=O)O. The Balaban J connectivity index is 2.02. The fourth-order valence-electron chi connectivity index (χ4n) is 2.74. The normalized spacial score (nSPS) is 23.0. The van der Waals surface area contributed by atoms with Gasteiger partial charge >= 0.3 is 5.97 Å². The number of carboxylic acid groups (broad SMARTS) is 1. The van der Waals surface area contributed by atoms with Crippen LogP contribution >= 0.6 is 0 Å². The van der Waals surface area contributed by atoms with Crippen LogP contribution in [0.25, 0.3) is 0 Å². The molecular weight excluding hydrogens is 246 g/mol. The summed E-state index contributed by atoms with van der Waals surface area (Å²) < 4.78 is 4.97. The first-order chi connectivity index (χ1) is 9.09. The summed E-state index contributed by atoms with van der Waals surface area (Å²) in [7, 11) is 1.71. The Morgan fingerprint density at radius 1 is 1.37 bits per heavy atom. The van der Waals surface area contributed by atoms with Gasteiger partial charge in [0, 0.05) is 19.2 Å². The predicted octanol–water partition coefficient (Wildman–Crippen LogP) is 2.13. The van der Waals surface area contributed by atoms with E-state index in [2.05, 4.69) is 0 Å². The second-order valence-electron chi connectivity index (χ2n) is 5.16. The quantitative estimate of drug-likeness (QED) is 0.905. The van der Waals surface area contributed by atoms with Crippen molar-refractivity contribution in [2.24, 2.45) is 11.8 Å². The van der Waals surface area contributed by atoms with Gasteiger partial charge < -0.3 is 14.4 Å². The molecule has 1 amide bonds. The van der Waals surface area contributed by atoms with Gasteiger partial charge in [0.1, 0.15) is 0 Å². The number of amides is 1. The predicted molar refractivity (Wildman–Crippen MR) is 68.3 cm³/mol. The molecule has 5 nitrogen and oxygen atoms in total. The van der Waals surface area contributed by atoms with Crippen molar-refractivity contribution in [3.63, 3.8) is 0 Å². The number of hydrogen-bond acceptors (Lipinski definition) is 3. The Labute approximate surface area is 112 Å². The van der Waals surface area contributed by atoms with E-state index < -0.39 is 11.9 Å². The monoisotopic (exact) mass is 265 g/mol. The highest BCUT2D eigenvalue weighted by Crippen LogP contribution is 2.31. The molecule has 1 saturated carbocycles. The highest BCUT2D eigenvalue weighted by Gasteiger charge is 2.37. The largest absolute Gasteiger partial charge is 0.481 e. The molecule has 1 aromatic rings. The van der Waals surface area contributed by atoms with Crippen LogP contribution < -0.4 is 0 Å². The van der Waals surface area contributed by atoms with Crippen molar-refractivity contribution in [1.82, 2.24) is 4.90 Å². The molecule has 0 aliphatic heterocycles. The van der Waals surface area contributed by atoms with Gasteiger partial charge in [0.2, 0.25) is 5.91 Å². The minimum atomic E-state index is -0.852. The Kier molecular flexibility index (Phi) is 4.24. The van der Waals surface area contributed by atoms with E-state index >= 15 is 0 Å². The third-order valence-electron chi connectivity index (χ3n) is 3.78. The highest BCUT2D eigenvalue weighted by atomic mass is 16.4. The number of carboxylic acids is 1. The van der Waals surface area contributed by atoms with E-state index in [9.17, 15) is 14.7 Å². The number of carbonyl (C=O) groups excluding carboxylic acids is 1. The molecule has 0 aromatic carbocycles. The summed E-state index contributed by atoms with van der Waals surface area (Å²) in [6.45, 7) is 0.457. The minimum absolute atomic E-state index is 0.0756. The topological polar surface area (TPSA) is 70.8 Å². The van der Waals surface area contributed by atoms with E-state index in [-0.39, 0.29) is 11.8 Å². The Bertz CT molecular complexity index is 440. The lowest BCUT2D eigenvalue weighted by molar-refractivity contribution is -0.152. The van der Waals surface area contributed by atoms with E-state index in [4.69, 9.17) is 4.42 Å². The van der Waals surface area contributed by atoms with Crippen molar-refractivity contribution < 1.29 is 19.1 Å². The van der Waals surface area contributed by atoms with Gasteiger partial charge in [0.25, 0.3) is 0 Å². The highest BCUT2D eigenvalue weighted by molar-refractivity contribution is 5.84. The first kappa shape index (κ1) is 13.6. The number of furan rings is 1. The molecule has 1 aromatic heterocycles. The second kappa shape index (κ2) is 5.91. The van der Waals surface area contributed by atoms with E-state index in [1.807, 2.05) is 0 Å². The number of aliphatic carboxylic acids is 1. The Morgan fingerprint density at radius 2 is 2.05 bits per heavy atom. The average Bonchev–Trinajstić information content (AvgIpc) is 2.90. The molecule has 1 fully saturated rings. The van der Waals surface area contributed by atoms with Crippen molar-refractivity contribution in [1.29, 1.82) is 0 Å². The molecule has 0 saturated heterocycles. The summed E-state index contributed by atoms with van der Waals surface area (Å²) >= 11 is 0.